The van der Waals surface area contributed by atoms with Crippen molar-refractivity contribution < 1.29 is 4.74 Å². The molecule has 114 valence electrons. The summed E-state index contributed by atoms with van der Waals surface area (Å²) in [7, 11) is 0. The summed E-state index contributed by atoms with van der Waals surface area (Å²) >= 11 is 1.71. The molecule has 1 saturated heterocycles. The summed E-state index contributed by atoms with van der Waals surface area (Å²) in [6.07, 6.45) is 2.31. The lowest BCUT2D eigenvalue weighted by molar-refractivity contribution is 0.185. The Kier molecular flexibility index (Phi) is 4.55. The van der Waals surface area contributed by atoms with Crippen molar-refractivity contribution in [2.75, 3.05) is 36.9 Å². The zero-order valence-corrected chi connectivity index (χ0v) is 13.4. The third-order valence-corrected chi connectivity index (χ3v) is 4.66. The SMILES string of the molecule is CCNc1nc(NCCC2CCOC2)c2cc(C)sc2n1. The minimum atomic E-state index is 0.687. The molecule has 3 heterocycles. The number of rotatable bonds is 6. The van der Waals surface area contributed by atoms with Gasteiger partial charge in [-0.15, -0.1) is 11.3 Å². The topological polar surface area (TPSA) is 59.1 Å². The summed E-state index contributed by atoms with van der Waals surface area (Å²) in [6.45, 7) is 7.74. The average Bonchev–Trinajstić information content (AvgIpc) is 3.07. The number of hydrogen-bond acceptors (Lipinski definition) is 6. The highest BCUT2D eigenvalue weighted by Crippen LogP contribution is 2.29. The predicted molar refractivity (Wildman–Crippen MR) is 88.3 cm³/mol. The van der Waals surface area contributed by atoms with Crippen LogP contribution in [-0.4, -0.2) is 36.3 Å². The highest BCUT2D eigenvalue weighted by Gasteiger charge is 2.16. The third-order valence-electron chi connectivity index (χ3n) is 3.72. The first-order chi connectivity index (χ1) is 10.3. The highest BCUT2D eigenvalue weighted by molar-refractivity contribution is 7.18. The maximum Gasteiger partial charge on any atom is 0.226 e. The van der Waals surface area contributed by atoms with Crippen LogP contribution in [0.5, 0.6) is 0 Å². The second-order valence-electron chi connectivity index (χ2n) is 5.45. The minimum absolute atomic E-state index is 0.687. The van der Waals surface area contributed by atoms with E-state index in [-0.39, 0.29) is 0 Å². The van der Waals surface area contributed by atoms with E-state index in [4.69, 9.17) is 4.74 Å². The van der Waals surface area contributed by atoms with Gasteiger partial charge in [0, 0.05) is 31.2 Å². The second-order valence-corrected chi connectivity index (χ2v) is 6.68. The van der Waals surface area contributed by atoms with E-state index in [9.17, 15) is 0 Å². The van der Waals surface area contributed by atoms with Crippen LogP contribution in [0.1, 0.15) is 24.6 Å². The molecule has 2 aromatic heterocycles. The standard InChI is InChI=1S/C15H22N4OS/c1-3-16-15-18-13(12-8-10(2)21-14(12)19-15)17-6-4-11-5-7-20-9-11/h8,11H,3-7,9H2,1-2H3,(H2,16,17,18,19). The van der Waals surface area contributed by atoms with Crippen molar-refractivity contribution >= 4 is 33.3 Å². The van der Waals surface area contributed by atoms with E-state index in [0.29, 0.717) is 11.9 Å². The van der Waals surface area contributed by atoms with Crippen molar-refractivity contribution in [2.24, 2.45) is 5.92 Å². The molecule has 0 aromatic carbocycles. The fourth-order valence-electron chi connectivity index (χ4n) is 2.62. The van der Waals surface area contributed by atoms with Crippen molar-refractivity contribution in [3.8, 4) is 0 Å². The van der Waals surface area contributed by atoms with Crippen LogP contribution in [0.3, 0.4) is 0 Å². The molecule has 3 rings (SSSR count). The van der Waals surface area contributed by atoms with Crippen LogP contribution in [0.2, 0.25) is 0 Å². The van der Waals surface area contributed by atoms with E-state index in [0.717, 1.165) is 48.8 Å². The van der Waals surface area contributed by atoms with Gasteiger partial charge in [0.25, 0.3) is 0 Å². The van der Waals surface area contributed by atoms with E-state index in [2.05, 4.69) is 40.5 Å². The molecule has 0 bridgehead atoms. The molecule has 5 nitrogen and oxygen atoms in total. The lowest BCUT2D eigenvalue weighted by atomic mass is 10.1. The number of fused-ring (bicyclic) bond motifs is 1. The van der Waals surface area contributed by atoms with Crippen molar-refractivity contribution in [2.45, 2.75) is 26.7 Å². The molecule has 1 fully saturated rings. The van der Waals surface area contributed by atoms with Gasteiger partial charge in [-0.25, -0.2) is 4.98 Å². The number of aryl methyl sites for hydroxylation is 1. The number of ether oxygens (including phenoxy) is 1. The monoisotopic (exact) mass is 306 g/mol. The molecule has 0 radical (unpaired) electrons. The zero-order chi connectivity index (χ0) is 14.7. The molecule has 0 spiro atoms. The first kappa shape index (κ1) is 14.5. The van der Waals surface area contributed by atoms with Gasteiger partial charge < -0.3 is 15.4 Å². The first-order valence-corrected chi connectivity index (χ1v) is 8.41. The lowest BCUT2D eigenvalue weighted by Gasteiger charge is -2.11. The van der Waals surface area contributed by atoms with Gasteiger partial charge in [-0.05, 0) is 38.7 Å². The minimum Gasteiger partial charge on any atom is -0.381 e. The van der Waals surface area contributed by atoms with Crippen LogP contribution >= 0.6 is 11.3 Å². The number of nitrogens with zero attached hydrogens (tertiary/aromatic N) is 2. The molecular formula is C15H22N4OS. The van der Waals surface area contributed by atoms with Gasteiger partial charge in [0.15, 0.2) is 0 Å². The van der Waals surface area contributed by atoms with E-state index in [1.165, 1.54) is 11.3 Å². The highest BCUT2D eigenvalue weighted by atomic mass is 32.1. The Hall–Kier alpha value is -1.40. The molecule has 21 heavy (non-hydrogen) atoms. The molecule has 2 N–H and O–H groups in total. The molecule has 6 heteroatoms. The Labute approximate surface area is 129 Å². The van der Waals surface area contributed by atoms with E-state index in [1.54, 1.807) is 11.3 Å². The molecule has 2 aromatic rings. The van der Waals surface area contributed by atoms with Crippen molar-refractivity contribution in [3.63, 3.8) is 0 Å². The van der Waals surface area contributed by atoms with Crippen LogP contribution in [0.4, 0.5) is 11.8 Å². The van der Waals surface area contributed by atoms with Crippen LogP contribution in [0.15, 0.2) is 6.07 Å². The Morgan fingerprint density at radius 2 is 2.29 bits per heavy atom. The molecule has 1 aliphatic heterocycles. The lowest BCUT2D eigenvalue weighted by Crippen LogP contribution is -2.11. The summed E-state index contributed by atoms with van der Waals surface area (Å²) in [5.74, 6) is 2.34. The molecular weight excluding hydrogens is 284 g/mol. The van der Waals surface area contributed by atoms with Gasteiger partial charge in [-0.1, -0.05) is 0 Å². The summed E-state index contributed by atoms with van der Waals surface area (Å²) in [6, 6.07) is 2.16. The van der Waals surface area contributed by atoms with E-state index >= 15 is 0 Å². The normalized spacial score (nSPS) is 18.3. The molecule has 0 saturated carbocycles. The maximum atomic E-state index is 5.42. The smallest absolute Gasteiger partial charge is 0.226 e. The quantitative estimate of drug-likeness (QED) is 0.858. The van der Waals surface area contributed by atoms with Crippen LogP contribution in [0.25, 0.3) is 10.2 Å². The first-order valence-electron chi connectivity index (χ1n) is 7.60. The van der Waals surface area contributed by atoms with Gasteiger partial charge in [-0.3, -0.25) is 0 Å². The molecule has 1 unspecified atom stereocenters. The van der Waals surface area contributed by atoms with Crippen LogP contribution < -0.4 is 10.6 Å². The number of aromatic nitrogens is 2. The molecule has 1 atom stereocenters. The number of hydrogen-bond donors (Lipinski definition) is 2. The second kappa shape index (κ2) is 6.58. The summed E-state index contributed by atoms with van der Waals surface area (Å²) in [4.78, 5) is 11.5. The number of nitrogens with one attached hydrogen (secondary N) is 2. The van der Waals surface area contributed by atoms with Gasteiger partial charge in [0.2, 0.25) is 5.95 Å². The van der Waals surface area contributed by atoms with Crippen molar-refractivity contribution in [1.29, 1.82) is 0 Å². The van der Waals surface area contributed by atoms with Crippen LogP contribution in [0, 0.1) is 12.8 Å². The largest absolute Gasteiger partial charge is 0.381 e. The van der Waals surface area contributed by atoms with Gasteiger partial charge >= 0.3 is 0 Å². The Morgan fingerprint density at radius 3 is 3.05 bits per heavy atom. The zero-order valence-electron chi connectivity index (χ0n) is 12.6. The Morgan fingerprint density at radius 1 is 1.38 bits per heavy atom. The summed E-state index contributed by atoms with van der Waals surface area (Å²) in [5, 5.41) is 7.82. The predicted octanol–water partition coefficient (Wildman–Crippen LogP) is 3.27. The van der Waals surface area contributed by atoms with Gasteiger partial charge in [-0.2, -0.15) is 4.98 Å². The number of anilines is 2. The van der Waals surface area contributed by atoms with Crippen molar-refractivity contribution in [3.05, 3.63) is 10.9 Å². The fraction of sp³-hybridized carbons (Fsp3) is 0.600. The van der Waals surface area contributed by atoms with Crippen LogP contribution in [-0.2, 0) is 4.74 Å². The number of thiophene rings is 1. The van der Waals surface area contributed by atoms with E-state index in [1.807, 2.05) is 0 Å². The molecule has 1 aliphatic rings. The summed E-state index contributed by atoms with van der Waals surface area (Å²) < 4.78 is 5.42. The third kappa shape index (κ3) is 3.44. The van der Waals surface area contributed by atoms with Crippen molar-refractivity contribution in [1.82, 2.24) is 9.97 Å². The summed E-state index contributed by atoms with van der Waals surface area (Å²) in [5.41, 5.74) is 0. The Balaban J connectivity index is 1.74. The average molecular weight is 306 g/mol. The molecule has 0 aliphatic carbocycles. The van der Waals surface area contributed by atoms with Gasteiger partial charge in [0.1, 0.15) is 10.6 Å². The Bertz CT molecular complexity index is 607. The molecule has 0 amide bonds. The fourth-order valence-corrected chi connectivity index (χ4v) is 3.50. The maximum absolute atomic E-state index is 5.42. The van der Waals surface area contributed by atoms with E-state index < -0.39 is 0 Å². The van der Waals surface area contributed by atoms with Gasteiger partial charge in [0.05, 0.1) is 5.39 Å².